The Labute approximate surface area is 166 Å². The Balaban J connectivity index is 2.58. The Bertz CT molecular complexity index is 664. The van der Waals surface area contributed by atoms with E-state index in [0.29, 0.717) is 12.0 Å². The van der Waals surface area contributed by atoms with E-state index in [1.54, 1.807) is 6.07 Å². The zero-order chi connectivity index (χ0) is 20.1. The van der Waals surface area contributed by atoms with Gasteiger partial charge in [-0.05, 0) is 36.5 Å². The van der Waals surface area contributed by atoms with E-state index in [1.807, 2.05) is 13.0 Å². The Hall–Kier alpha value is -1.07. The minimum atomic E-state index is -4.27. The number of benzene rings is 1. The van der Waals surface area contributed by atoms with Crippen molar-refractivity contribution in [2.75, 3.05) is 0 Å². The van der Waals surface area contributed by atoms with Crippen LogP contribution in [-0.2, 0) is 17.4 Å². The number of unbranched alkanes of at least 4 members (excludes halogenated alkanes) is 9. The summed E-state index contributed by atoms with van der Waals surface area (Å²) in [6, 6.07) is 3.39. The van der Waals surface area contributed by atoms with Crippen molar-refractivity contribution in [1.29, 1.82) is 0 Å². The van der Waals surface area contributed by atoms with Crippen LogP contribution in [0.25, 0.3) is 0 Å². The molecule has 152 valence electrons. The number of hydrogen-bond donors (Lipinski definition) is 2. The van der Waals surface area contributed by atoms with Crippen molar-refractivity contribution in [2.45, 2.75) is 97.8 Å². The molecule has 0 fully saturated rings. The molecule has 3 nitrogen and oxygen atoms in total. The summed E-state index contributed by atoms with van der Waals surface area (Å²) in [5, 5.41) is 0.134. The van der Waals surface area contributed by atoms with E-state index in [-0.39, 0.29) is 5.30 Å². The molecule has 1 aromatic rings. The molecule has 1 rings (SSSR count). The fourth-order valence-corrected chi connectivity index (χ4v) is 4.33. The molecule has 0 aromatic heterocycles. The molecule has 0 heterocycles. The third-order valence-electron chi connectivity index (χ3n) is 5.04. The van der Waals surface area contributed by atoms with Gasteiger partial charge in [-0.25, -0.2) is 0 Å². The molecule has 0 unspecified atom stereocenters. The molecule has 0 aliphatic rings. The monoisotopic (exact) mass is 392 g/mol. The lowest BCUT2D eigenvalue weighted by Crippen LogP contribution is -2.14. The standard InChI is InChI=1S/C23H37O3P/c1-4-7-8-9-10-11-12-13-14-15-16-17-22-20(5-2)18-19-23(21(22)6-3)27(24,25)26/h18-19H,4-15H2,1-3H3,(H2,24,25,26). The predicted octanol–water partition coefficient (Wildman–Crippen LogP) is 5.89. The third-order valence-corrected chi connectivity index (χ3v) is 6.09. The first-order valence-corrected chi connectivity index (χ1v) is 12.3. The minimum absolute atomic E-state index is 0.134. The lowest BCUT2D eigenvalue weighted by molar-refractivity contribution is 0.387. The van der Waals surface area contributed by atoms with Crippen molar-refractivity contribution < 1.29 is 14.4 Å². The SMILES string of the molecule is CCCCCCCCCCCC#Cc1c(CC)ccc(P(=O)(O)O)c1CC. The van der Waals surface area contributed by atoms with Crippen LogP contribution in [0.5, 0.6) is 0 Å². The molecule has 0 spiro atoms. The van der Waals surface area contributed by atoms with E-state index < -0.39 is 7.60 Å². The van der Waals surface area contributed by atoms with Gasteiger partial charge in [-0.15, -0.1) is 0 Å². The van der Waals surface area contributed by atoms with Gasteiger partial charge in [0.2, 0.25) is 0 Å². The summed E-state index contributed by atoms with van der Waals surface area (Å²) in [6.07, 6.45) is 13.9. The molecule has 0 saturated heterocycles. The summed E-state index contributed by atoms with van der Waals surface area (Å²) in [5.41, 5.74) is 2.61. The number of aryl methyl sites for hydroxylation is 1. The molecule has 0 aliphatic heterocycles. The van der Waals surface area contributed by atoms with Gasteiger partial charge >= 0.3 is 7.60 Å². The molecule has 2 N–H and O–H groups in total. The van der Waals surface area contributed by atoms with Crippen LogP contribution < -0.4 is 5.30 Å². The average Bonchev–Trinajstić information content (AvgIpc) is 2.64. The first kappa shape index (κ1) is 24.0. The maximum absolute atomic E-state index is 11.8. The number of rotatable bonds is 12. The molecule has 4 heteroatoms. The topological polar surface area (TPSA) is 57.5 Å². The first-order chi connectivity index (χ1) is 13.0. The summed E-state index contributed by atoms with van der Waals surface area (Å²) in [5.74, 6) is 6.47. The van der Waals surface area contributed by atoms with Crippen LogP contribution in [0.15, 0.2) is 12.1 Å². The Morgan fingerprint density at radius 2 is 1.44 bits per heavy atom. The maximum atomic E-state index is 11.8. The fraction of sp³-hybridized carbons (Fsp3) is 0.652. The minimum Gasteiger partial charge on any atom is -0.321 e. The van der Waals surface area contributed by atoms with E-state index >= 15 is 0 Å². The fourth-order valence-electron chi connectivity index (χ4n) is 3.44. The van der Waals surface area contributed by atoms with Crippen molar-refractivity contribution in [1.82, 2.24) is 0 Å². The van der Waals surface area contributed by atoms with Gasteiger partial charge in [0.25, 0.3) is 0 Å². The van der Waals surface area contributed by atoms with Crippen molar-refractivity contribution in [3.8, 4) is 11.8 Å². The molecule has 0 amide bonds. The van der Waals surface area contributed by atoms with Crippen molar-refractivity contribution in [2.24, 2.45) is 0 Å². The van der Waals surface area contributed by atoms with Gasteiger partial charge in [0, 0.05) is 12.0 Å². The van der Waals surface area contributed by atoms with Gasteiger partial charge < -0.3 is 9.79 Å². The molecular formula is C23H37O3P. The zero-order valence-corrected chi connectivity index (χ0v) is 18.3. The van der Waals surface area contributed by atoms with Crippen LogP contribution in [0.1, 0.15) is 102 Å². The normalized spacial score (nSPS) is 11.3. The third kappa shape index (κ3) is 8.65. The first-order valence-electron chi connectivity index (χ1n) is 10.6. The van der Waals surface area contributed by atoms with E-state index in [2.05, 4.69) is 25.7 Å². The zero-order valence-electron chi connectivity index (χ0n) is 17.4. The van der Waals surface area contributed by atoms with Crippen molar-refractivity contribution in [3.05, 3.63) is 28.8 Å². The second-order valence-corrected chi connectivity index (χ2v) is 8.80. The molecule has 0 aliphatic carbocycles. The molecule has 0 bridgehead atoms. The summed E-state index contributed by atoms with van der Waals surface area (Å²) < 4.78 is 11.8. The number of hydrogen-bond acceptors (Lipinski definition) is 1. The second-order valence-electron chi connectivity index (χ2n) is 7.23. The maximum Gasteiger partial charge on any atom is 0.356 e. The van der Waals surface area contributed by atoms with E-state index in [9.17, 15) is 14.4 Å². The van der Waals surface area contributed by atoms with Gasteiger partial charge in [-0.3, -0.25) is 4.57 Å². The van der Waals surface area contributed by atoms with Gasteiger partial charge in [0.15, 0.2) is 0 Å². The molecule has 0 radical (unpaired) electrons. The molecule has 0 atom stereocenters. The van der Waals surface area contributed by atoms with Gasteiger partial charge in [0.05, 0.1) is 5.30 Å². The Kier molecular flexibility index (Phi) is 11.7. The van der Waals surface area contributed by atoms with Crippen LogP contribution in [0, 0.1) is 11.8 Å². The summed E-state index contributed by atoms with van der Waals surface area (Å²) in [6.45, 7) is 6.23. The Morgan fingerprint density at radius 3 is 1.96 bits per heavy atom. The predicted molar refractivity (Wildman–Crippen MR) is 116 cm³/mol. The van der Waals surface area contributed by atoms with E-state index in [4.69, 9.17) is 0 Å². The average molecular weight is 393 g/mol. The lowest BCUT2D eigenvalue weighted by Gasteiger charge is -2.14. The second kappa shape index (κ2) is 13.2. The van der Waals surface area contributed by atoms with Crippen molar-refractivity contribution in [3.63, 3.8) is 0 Å². The quantitative estimate of drug-likeness (QED) is 0.265. The van der Waals surface area contributed by atoms with Crippen LogP contribution in [0.2, 0.25) is 0 Å². The highest BCUT2D eigenvalue weighted by atomic mass is 31.2. The largest absolute Gasteiger partial charge is 0.356 e. The highest BCUT2D eigenvalue weighted by molar-refractivity contribution is 7.60. The lowest BCUT2D eigenvalue weighted by atomic mass is 9.97. The summed E-state index contributed by atoms with van der Waals surface area (Å²) >= 11 is 0. The molecular weight excluding hydrogens is 355 g/mol. The van der Waals surface area contributed by atoms with Crippen LogP contribution in [0.4, 0.5) is 0 Å². The van der Waals surface area contributed by atoms with Crippen LogP contribution in [-0.4, -0.2) is 9.79 Å². The van der Waals surface area contributed by atoms with Crippen molar-refractivity contribution >= 4 is 12.9 Å². The summed E-state index contributed by atoms with van der Waals surface area (Å²) in [4.78, 5) is 19.2. The smallest absolute Gasteiger partial charge is 0.321 e. The highest BCUT2D eigenvalue weighted by Crippen LogP contribution is 2.36. The van der Waals surface area contributed by atoms with Crippen LogP contribution in [0.3, 0.4) is 0 Å². The van der Waals surface area contributed by atoms with E-state index in [1.165, 1.54) is 51.4 Å². The van der Waals surface area contributed by atoms with Gasteiger partial charge in [0.1, 0.15) is 0 Å². The molecule has 0 saturated carbocycles. The van der Waals surface area contributed by atoms with Crippen LogP contribution >= 0.6 is 7.60 Å². The molecule has 27 heavy (non-hydrogen) atoms. The highest BCUT2D eigenvalue weighted by Gasteiger charge is 2.23. The van der Waals surface area contributed by atoms with E-state index in [0.717, 1.165) is 30.4 Å². The molecule has 1 aromatic carbocycles. The summed E-state index contributed by atoms with van der Waals surface area (Å²) in [7, 11) is -4.27. The van der Waals surface area contributed by atoms with Gasteiger partial charge in [-0.2, -0.15) is 0 Å². The Morgan fingerprint density at radius 1 is 0.852 bits per heavy atom. The van der Waals surface area contributed by atoms with Gasteiger partial charge in [-0.1, -0.05) is 90.0 Å².